The zero-order chi connectivity index (χ0) is 18.8. The summed E-state index contributed by atoms with van der Waals surface area (Å²) < 4.78 is 5.63. The molecule has 1 N–H and O–H groups in total. The van der Waals surface area contributed by atoms with Gasteiger partial charge in [0.25, 0.3) is 0 Å². The number of amides is 1. The molecular formula is C22H21N3O2. The molecule has 0 saturated heterocycles. The van der Waals surface area contributed by atoms with Crippen LogP contribution in [-0.2, 0) is 4.79 Å². The molecule has 0 aliphatic heterocycles. The molecule has 136 valence electrons. The van der Waals surface area contributed by atoms with Crippen molar-refractivity contribution in [2.24, 2.45) is 5.92 Å². The molecule has 0 unspecified atom stereocenters. The number of rotatable bonds is 5. The zero-order valence-corrected chi connectivity index (χ0v) is 15.3. The summed E-state index contributed by atoms with van der Waals surface area (Å²) in [4.78, 5) is 20.8. The van der Waals surface area contributed by atoms with Gasteiger partial charge >= 0.3 is 6.01 Å². The largest absolute Gasteiger partial charge is 0.424 e. The Morgan fingerprint density at radius 2 is 1.93 bits per heavy atom. The van der Waals surface area contributed by atoms with Gasteiger partial charge in [-0.05, 0) is 62.1 Å². The number of anilines is 1. The fraction of sp³-hybridized carbons (Fsp3) is 0.227. The van der Waals surface area contributed by atoms with Gasteiger partial charge in [-0.15, -0.1) is 0 Å². The van der Waals surface area contributed by atoms with Gasteiger partial charge in [-0.25, -0.2) is 9.97 Å². The first-order valence-electron chi connectivity index (χ1n) is 9.03. The second kappa shape index (κ2) is 7.19. The standard InChI is InChI=1S/C22H21N3O2/c1-14-4-3-5-16(12-14)19-13-20(19)21(26)25-17-6-8-18(9-7-17)27-22-23-11-10-15(2)24-22/h3-12,19-20H,13H2,1-2H3,(H,25,26)/t19-,20+/m0/s1. The van der Waals surface area contributed by atoms with Gasteiger partial charge in [-0.2, -0.15) is 0 Å². The fourth-order valence-electron chi connectivity index (χ4n) is 3.18. The van der Waals surface area contributed by atoms with Crippen LogP contribution in [0.15, 0.2) is 60.8 Å². The van der Waals surface area contributed by atoms with Crippen molar-refractivity contribution < 1.29 is 9.53 Å². The number of ether oxygens (including phenoxy) is 1. The number of nitrogens with one attached hydrogen (secondary N) is 1. The van der Waals surface area contributed by atoms with E-state index >= 15 is 0 Å². The van der Waals surface area contributed by atoms with Crippen LogP contribution >= 0.6 is 0 Å². The Kier molecular flexibility index (Phi) is 4.59. The minimum atomic E-state index is 0.0448. The highest BCUT2D eigenvalue weighted by atomic mass is 16.5. The maximum Gasteiger partial charge on any atom is 0.322 e. The molecule has 5 heteroatoms. The predicted octanol–water partition coefficient (Wildman–Crippen LogP) is 4.63. The molecule has 1 saturated carbocycles. The van der Waals surface area contributed by atoms with Crippen LogP contribution < -0.4 is 10.1 Å². The maximum absolute atomic E-state index is 12.5. The van der Waals surface area contributed by atoms with Crippen molar-refractivity contribution in [3.05, 3.63) is 77.6 Å². The van der Waals surface area contributed by atoms with Gasteiger partial charge in [0.15, 0.2) is 0 Å². The van der Waals surface area contributed by atoms with E-state index in [0.717, 1.165) is 17.8 Å². The Morgan fingerprint density at radius 3 is 2.67 bits per heavy atom. The fourth-order valence-corrected chi connectivity index (χ4v) is 3.18. The monoisotopic (exact) mass is 359 g/mol. The van der Waals surface area contributed by atoms with Crippen LogP contribution in [0, 0.1) is 19.8 Å². The molecule has 0 bridgehead atoms. The molecule has 2 aromatic carbocycles. The van der Waals surface area contributed by atoms with Crippen molar-refractivity contribution in [2.45, 2.75) is 26.2 Å². The van der Waals surface area contributed by atoms with Crippen molar-refractivity contribution in [3.63, 3.8) is 0 Å². The Bertz CT molecular complexity index is 969. The molecule has 3 aromatic rings. The SMILES string of the molecule is Cc1cccc([C@@H]2C[C@H]2C(=O)Nc2ccc(Oc3nccc(C)n3)cc2)c1. The summed E-state index contributed by atoms with van der Waals surface area (Å²) in [6, 6.07) is 17.8. The van der Waals surface area contributed by atoms with Gasteiger partial charge in [0.05, 0.1) is 0 Å². The molecular weight excluding hydrogens is 338 g/mol. The van der Waals surface area contributed by atoms with E-state index < -0.39 is 0 Å². The summed E-state index contributed by atoms with van der Waals surface area (Å²) in [5.41, 5.74) is 4.08. The van der Waals surface area contributed by atoms with Crippen molar-refractivity contribution in [1.29, 1.82) is 0 Å². The average molecular weight is 359 g/mol. The number of aryl methyl sites for hydroxylation is 2. The lowest BCUT2D eigenvalue weighted by Gasteiger charge is -2.07. The zero-order valence-electron chi connectivity index (χ0n) is 15.3. The van der Waals surface area contributed by atoms with Gasteiger partial charge in [-0.1, -0.05) is 29.8 Å². The van der Waals surface area contributed by atoms with E-state index in [2.05, 4.69) is 46.5 Å². The minimum Gasteiger partial charge on any atom is -0.424 e. The highest BCUT2D eigenvalue weighted by Gasteiger charge is 2.43. The van der Waals surface area contributed by atoms with Crippen LogP contribution in [0.3, 0.4) is 0 Å². The van der Waals surface area contributed by atoms with E-state index in [1.807, 2.05) is 25.1 Å². The van der Waals surface area contributed by atoms with Crippen LogP contribution in [-0.4, -0.2) is 15.9 Å². The number of benzene rings is 2. The molecule has 1 aliphatic carbocycles. The molecule has 0 radical (unpaired) electrons. The third-order valence-corrected chi connectivity index (χ3v) is 4.70. The maximum atomic E-state index is 12.5. The van der Waals surface area contributed by atoms with Crippen LogP contribution in [0.2, 0.25) is 0 Å². The van der Waals surface area contributed by atoms with Crippen molar-refractivity contribution in [1.82, 2.24) is 9.97 Å². The Labute approximate surface area is 158 Å². The van der Waals surface area contributed by atoms with E-state index in [1.165, 1.54) is 11.1 Å². The summed E-state index contributed by atoms with van der Waals surface area (Å²) in [5.74, 6) is 1.06. The molecule has 1 fully saturated rings. The number of aromatic nitrogens is 2. The van der Waals surface area contributed by atoms with E-state index in [1.54, 1.807) is 18.3 Å². The Morgan fingerprint density at radius 1 is 1.11 bits per heavy atom. The lowest BCUT2D eigenvalue weighted by Crippen LogP contribution is -2.14. The lowest BCUT2D eigenvalue weighted by molar-refractivity contribution is -0.117. The highest BCUT2D eigenvalue weighted by Crippen LogP contribution is 2.48. The smallest absolute Gasteiger partial charge is 0.322 e. The van der Waals surface area contributed by atoms with E-state index in [9.17, 15) is 4.79 Å². The molecule has 1 heterocycles. The molecule has 5 nitrogen and oxygen atoms in total. The Hall–Kier alpha value is -3.21. The summed E-state index contributed by atoms with van der Waals surface area (Å²) in [5, 5.41) is 2.99. The summed E-state index contributed by atoms with van der Waals surface area (Å²) >= 11 is 0. The second-order valence-corrected chi connectivity index (χ2v) is 6.96. The first-order chi connectivity index (χ1) is 13.1. The number of hydrogen-bond acceptors (Lipinski definition) is 4. The summed E-state index contributed by atoms with van der Waals surface area (Å²) in [6.07, 6.45) is 2.56. The second-order valence-electron chi connectivity index (χ2n) is 6.96. The Balaban J connectivity index is 1.35. The topological polar surface area (TPSA) is 64.1 Å². The van der Waals surface area contributed by atoms with Gasteiger partial charge < -0.3 is 10.1 Å². The quantitative estimate of drug-likeness (QED) is 0.721. The van der Waals surface area contributed by atoms with Gasteiger partial charge in [-0.3, -0.25) is 4.79 Å². The number of hydrogen-bond donors (Lipinski definition) is 1. The van der Waals surface area contributed by atoms with Crippen molar-refractivity contribution in [3.8, 4) is 11.8 Å². The first kappa shape index (κ1) is 17.2. The molecule has 1 aliphatic rings. The molecule has 0 spiro atoms. The molecule has 1 amide bonds. The third-order valence-electron chi connectivity index (χ3n) is 4.70. The minimum absolute atomic E-state index is 0.0448. The van der Waals surface area contributed by atoms with E-state index in [0.29, 0.717) is 17.7 Å². The van der Waals surface area contributed by atoms with Crippen molar-refractivity contribution in [2.75, 3.05) is 5.32 Å². The first-order valence-corrected chi connectivity index (χ1v) is 9.03. The van der Waals surface area contributed by atoms with Crippen LogP contribution in [0.4, 0.5) is 5.69 Å². The predicted molar refractivity (Wildman–Crippen MR) is 104 cm³/mol. The van der Waals surface area contributed by atoms with E-state index in [4.69, 9.17) is 4.74 Å². The molecule has 1 aromatic heterocycles. The normalized spacial score (nSPS) is 18.0. The summed E-state index contributed by atoms with van der Waals surface area (Å²) in [7, 11) is 0. The summed E-state index contributed by atoms with van der Waals surface area (Å²) in [6.45, 7) is 3.96. The number of nitrogens with zero attached hydrogens (tertiary/aromatic N) is 2. The van der Waals surface area contributed by atoms with Crippen LogP contribution in [0.5, 0.6) is 11.8 Å². The van der Waals surface area contributed by atoms with Gasteiger partial charge in [0.2, 0.25) is 5.91 Å². The molecule has 2 atom stereocenters. The van der Waals surface area contributed by atoms with Crippen LogP contribution in [0.25, 0.3) is 0 Å². The number of carbonyl (C=O) groups excluding carboxylic acids is 1. The lowest BCUT2D eigenvalue weighted by atomic mass is 10.1. The average Bonchev–Trinajstić information content (AvgIpc) is 3.44. The van der Waals surface area contributed by atoms with Gasteiger partial charge in [0, 0.05) is 23.5 Å². The van der Waals surface area contributed by atoms with Crippen LogP contribution in [0.1, 0.15) is 29.2 Å². The van der Waals surface area contributed by atoms with Crippen molar-refractivity contribution >= 4 is 11.6 Å². The van der Waals surface area contributed by atoms with Gasteiger partial charge in [0.1, 0.15) is 5.75 Å². The van der Waals surface area contributed by atoms with E-state index in [-0.39, 0.29) is 11.8 Å². The number of carbonyl (C=O) groups is 1. The molecule has 27 heavy (non-hydrogen) atoms. The highest BCUT2D eigenvalue weighted by molar-refractivity contribution is 5.95. The third kappa shape index (κ3) is 4.14. The molecule has 4 rings (SSSR count).